The lowest BCUT2D eigenvalue weighted by molar-refractivity contribution is 0.0714. The maximum atomic E-state index is 12.8. The Morgan fingerprint density at radius 2 is 1.73 bits per heavy atom. The Labute approximate surface area is 142 Å². The summed E-state index contributed by atoms with van der Waals surface area (Å²) in [6, 6.07) is 7.78. The van der Waals surface area contributed by atoms with E-state index in [-0.39, 0.29) is 10.8 Å². The molecular weight excluding hydrogens is 366 g/mol. The van der Waals surface area contributed by atoms with Crippen molar-refractivity contribution >= 4 is 26.2 Å². The number of nitrogens with zero attached hydrogens (tertiary/aromatic N) is 1. The highest BCUT2D eigenvalue weighted by molar-refractivity contribution is 9.08. The smallest absolute Gasteiger partial charge is 0.252 e. The molecule has 0 saturated heterocycles. The zero-order valence-electron chi connectivity index (χ0n) is 13.6. The molecule has 1 N–H and O–H groups in total. The van der Waals surface area contributed by atoms with E-state index in [1.807, 2.05) is 27.7 Å². The largest absolute Gasteiger partial charge is 0.391 e. The molecule has 0 bridgehead atoms. The topological polar surface area (TPSA) is 57.6 Å². The molecule has 0 unspecified atom stereocenters. The predicted molar refractivity (Wildman–Crippen MR) is 93.1 cm³/mol. The predicted octanol–water partition coefficient (Wildman–Crippen LogP) is 3.81. The van der Waals surface area contributed by atoms with Gasteiger partial charge < -0.3 is 5.11 Å². The van der Waals surface area contributed by atoms with E-state index in [2.05, 4.69) is 16.1 Å². The van der Waals surface area contributed by atoms with Gasteiger partial charge in [-0.05, 0) is 30.4 Å². The number of aliphatic hydroxyl groups is 1. The molecule has 6 heteroatoms. The Hall–Kier alpha value is -0.430. The van der Waals surface area contributed by atoms with Crippen LogP contribution in [-0.4, -0.2) is 29.0 Å². The van der Waals surface area contributed by atoms with Gasteiger partial charge in [0.1, 0.15) is 0 Å². The monoisotopic (exact) mass is 391 g/mol. The number of halogens is 1. The maximum absolute atomic E-state index is 12.8. The Bertz CT molecular complexity index is 548. The van der Waals surface area contributed by atoms with Gasteiger partial charge in [0.05, 0.1) is 17.0 Å². The van der Waals surface area contributed by atoms with Crippen molar-refractivity contribution in [1.82, 2.24) is 3.33 Å². The SMILES string of the molecule is CC[C@H](C)[C@@H]([C@@H](O)CC(C)C)N(Br)S(=O)(=O)c1ccccc1. The molecule has 1 aromatic rings. The molecule has 1 aromatic carbocycles. The summed E-state index contributed by atoms with van der Waals surface area (Å²) in [5.41, 5.74) is 0. The molecule has 0 aliphatic rings. The molecule has 0 saturated carbocycles. The first-order chi connectivity index (χ1) is 10.2. The molecule has 22 heavy (non-hydrogen) atoms. The van der Waals surface area contributed by atoms with Gasteiger partial charge >= 0.3 is 0 Å². The number of hydrogen-bond acceptors (Lipinski definition) is 3. The van der Waals surface area contributed by atoms with Crippen LogP contribution in [0.5, 0.6) is 0 Å². The van der Waals surface area contributed by atoms with Crippen LogP contribution in [-0.2, 0) is 10.0 Å². The molecule has 0 aliphatic heterocycles. The fourth-order valence-electron chi connectivity index (χ4n) is 2.43. The highest BCUT2D eigenvalue weighted by Gasteiger charge is 2.37. The number of sulfonamides is 1. The third kappa shape index (κ3) is 4.78. The van der Waals surface area contributed by atoms with Gasteiger partial charge in [0, 0.05) is 16.1 Å². The first kappa shape index (κ1) is 19.6. The minimum atomic E-state index is -3.68. The average Bonchev–Trinajstić information content (AvgIpc) is 2.47. The molecule has 3 atom stereocenters. The van der Waals surface area contributed by atoms with Crippen LogP contribution in [0.4, 0.5) is 0 Å². The minimum Gasteiger partial charge on any atom is -0.391 e. The van der Waals surface area contributed by atoms with Gasteiger partial charge in [0.2, 0.25) is 0 Å². The van der Waals surface area contributed by atoms with E-state index in [1.165, 1.54) is 0 Å². The van der Waals surface area contributed by atoms with Crippen LogP contribution in [0.25, 0.3) is 0 Å². The van der Waals surface area contributed by atoms with E-state index in [0.29, 0.717) is 12.3 Å². The molecule has 0 radical (unpaired) electrons. The van der Waals surface area contributed by atoms with Crippen LogP contribution < -0.4 is 0 Å². The van der Waals surface area contributed by atoms with E-state index in [1.54, 1.807) is 30.3 Å². The number of aliphatic hydroxyl groups excluding tert-OH is 1. The van der Waals surface area contributed by atoms with Crippen LogP contribution in [0.3, 0.4) is 0 Å². The van der Waals surface area contributed by atoms with Gasteiger partial charge in [-0.25, -0.2) is 8.42 Å². The first-order valence-corrected chi connectivity index (χ1v) is 9.80. The Morgan fingerprint density at radius 3 is 2.18 bits per heavy atom. The fraction of sp³-hybridized carbons (Fsp3) is 0.625. The lowest BCUT2D eigenvalue weighted by Crippen LogP contribution is -2.45. The van der Waals surface area contributed by atoms with E-state index in [0.717, 1.165) is 9.75 Å². The Kier molecular flexibility index (Phi) is 7.52. The Morgan fingerprint density at radius 1 is 1.18 bits per heavy atom. The summed E-state index contributed by atoms with van der Waals surface area (Å²) in [6.07, 6.45) is 0.626. The molecule has 0 amide bonds. The van der Waals surface area contributed by atoms with Crippen LogP contribution in [0, 0.1) is 11.8 Å². The summed E-state index contributed by atoms with van der Waals surface area (Å²) >= 11 is 3.22. The molecule has 0 fully saturated rings. The lowest BCUT2D eigenvalue weighted by atomic mass is 9.91. The van der Waals surface area contributed by atoms with E-state index in [4.69, 9.17) is 0 Å². The van der Waals surface area contributed by atoms with Crippen LogP contribution in [0.1, 0.15) is 40.5 Å². The van der Waals surface area contributed by atoms with Crippen LogP contribution in [0.15, 0.2) is 35.2 Å². The molecule has 0 aliphatic carbocycles. The van der Waals surface area contributed by atoms with Crippen molar-refractivity contribution in [3.8, 4) is 0 Å². The summed E-state index contributed by atoms with van der Waals surface area (Å²) in [6.45, 7) is 7.99. The second kappa shape index (κ2) is 8.43. The summed E-state index contributed by atoms with van der Waals surface area (Å²) < 4.78 is 26.7. The molecule has 126 valence electrons. The van der Waals surface area contributed by atoms with Gasteiger partial charge in [0.25, 0.3) is 10.0 Å². The number of rotatable bonds is 8. The molecule has 0 aromatic heterocycles. The zero-order chi connectivity index (χ0) is 16.9. The average molecular weight is 392 g/mol. The van der Waals surface area contributed by atoms with Gasteiger partial charge in [-0.15, -0.1) is 3.33 Å². The van der Waals surface area contributed by atoms with Gasteiger partial charge in [0.15, 0.2) is 0 Å². The summed E-state index contributed by atoms with van der Waals surface area (Å²) in [4.78, 5) is 0.219. The summed E-state index contributed by atoms with van der Waals surface area (Å²) in [7, 11) is -3.68. The first-order valence-electron chi connectivity index (χ1n) is 7.65. The molecule has 4 nitrogen and oxygen atoms in total. The van der Waals surface area contributed by atoms with Crippen LogP contribution in [0.2, 0.25) is 0 Å². The number of benzene rings is 1. The van der Waals surface area contributed by atoms with Crippen molar-refractivity contribution < 1.29 is 13.5 Å². The van der Waals surface area contributed by atoms with Crippen molar-refractivity contribution in [2.24, 2.45) is 11.8 Å². The lowest BCUT2D eigenvalue weighted by Gasteiger charge is -2.34. The minimum absolute atomic E-state index is 0.0339. The second-order valence-electron chi connectivity index (χ2n) is 6.13. The number of hydrogen-bond donors (Lipinski definition) is 1. The van der Waals surface area contributed by atoms with Gasteiger partial charge in [-0.2, -0.15) is 0 Å². The summed E-state index contributed by atoms with van der Waals surface area (Å²) in [5.74, 6) is 0.327. The van der Waals surface area contributed by atoms with E-state index in [9.17, 15) is 13.5 Å². The van der Waals surface area contributed by atoms with Gasteiger partial charge in [-0.3, -0.25) is 0 Å². The fourth-order valence-corrected chi connectivity index (χ4v) is 4.98. The zero-order valence-corrected chi connectivity index (χ0v) is 16.0. The van der Waals surface area contributed by atoms with Crippen LogP contribution >= 0.6 is 16.1 Å². The van der Waals surface area contributed by atoms with Crippen molar-refractivity contribution in [2.45, 2.75) is 57.6 Å². The van der Waals surface area contributed by atoms with Crippen molar-refractivity contribution in [3.63, 3.8) is 0 Å². The van der Waals surface area contributed by atoms with Crippen molar-refractivity contribution in [1.29, 1.82) is 0 Å². The molecule has 0 spiro atoms. The molecule has 0 heterocycles. The maximum Gasteiger partial charge on any atom is 0.252 e. The van der Waals surface area contributed by atoms with Crippen molar-refractivity contribution in [2.75, 3.05) is 0 Å². The standard InChI is InChI=1S/C16H26BrNO3S/c1-5-13(4)16(15(19)11-12(2)3)18(17)22(20,21)14-9-7-6-8-10-14/h6-10,12-13,15-16,19H,5,11H2,1-4H3/t13-,15-,16-/m0/s1. The Balaban J connectivity index is 3.13. The van der Waals surface area contributed by atoms with E-state index < -0.39 is 22.2 Å². The molecule has 1 rings (SSSR count). The third-order valence-corrected chi connectivity index (χ3v) is 7.03. The summed E-state index contributed by atoms with van der Waals surface area (Å²) in [5, 5.41) is 10.5. The molecular formula is C16H26BrNO3S. The van der Waals surface area contributed by atoms with Gasteiger partial charge in [-0.1, -0.05) is 52.3 Å². The highest BCUT2D eigenvalue weighted by Crippen LogP contribution is 2.30. The normalized spacial score (nSPS) is 16.7. The second-order valence-corrected chi connectivity index (χ2v) is 9.18. The van der Waals surface area contributed by atoms with E-state index >= 15 is 0 Å². The highest BCUT2D eigenvalue weighted by atomic mass is 79.9. The van der Waals surface area contributed by atoms with Crippen molar-refractivity contribution in [3.05, 3.63) is 30.3 Å². The quantitative estimate of drug-likeness (QED) is 0.685. The third-order valence-electron chi connectivity index (χ3n) is 3.84.